The molecule has 0 bridgehead atoms. The minimum absolute atomic E-state index is 0.129. The third-order valence-corrected chi connectivity index (χ3v) is 4.24. The van der Waals surface area contributed by atoms with E-state index in [1.165, 1.54) is 6.42 Å². The molecule has 6 nitrogen and oxygen atoms in total. The first kappa shape index (κ1) is 15.9. The van der Waals surface area contributed by atoms with E-state index in [1.54, 1.807) is 10.9 Å². The van der Waals surface area contributed by atoms with Crippen molar-refractivity contribution in [1.82, 2.24) is 20.3 Å². The van der Waals surface area contributed by atoms with E-state index < -0.39 is 0 Å². The van der Waals surface area contributed by atoms with Crippen molar-refractivity contribution in [2.24, 2.45) is 17.6 Å². The highest BCUT2D eigenvalue weighted by Gasteiger charge is 2.26. The maximum Gasteiger partial charge on any atom is 0.273 e. The van der Waals surface area contributed by atoms with Crippen LogP contribution in [0.2, 0.25) is 0 Å². The van der Waals surface area contributed by atoms with Crippen molar-refractivity contribution in [2.75, 3.05) is 6.54 Å². The molecule has 0 aliphatic heterocycles. The molecule has 21 heavy (non-hydrogen) atoms. The highest BCUT2D eigenvalue weighted by atomic mass is 16.2. The van der Waals surface area contributed by atoms with Gasteiger partial charge in [0.2, 0.25) is 0 Å². The predicted molar refractivity (Wildman–Crippen MR) is 81.7 cm³/mol. The van der Waals surface area contributed by atoms with Crippen molar-refractivity contribution >= 4 is 5.91 Å². The molecule has 0 radical (unpaired) electrons. The predicted octanol–water partition coefficient (Wildman–Crippen LogP) is 1.57. The maximum absolute atomic E-state index is 12.3. The first-order valence-corrected chi connectivity index (χ1v) is 8.01. The summed E-state index contributed by atoms with van der Waals surface area (Å²) in [5.74, 6) is 0.869. The largest absolute Gasteiger partial charge is 0.348 e. The van der Waals surface area contributed by atoms with E-state index in [0.717, 1.165) is 32.2 Å². The summed E-state index contributed by atoms with van der Waals surface area (Å²) in [4.78, 5) is 12.3. The smallest absolute Gasteiger partial charge is 0.273 e. The van der Waals surface area contributed by atoms with Crippen LogP contribution in [0.1, 0.15) is 56.4 Å². The van der Waals surface area contributed by atoms with E-state index in [2.05, 4.69) is 29.5 Å². The van der Waals surface area contributed by atoms with Crippen LogP contribution in [0.25, 0.3) is 0 Å². The summed E-state index contributed by atoms with van der Waals surface area (Å²) in [6, 6.07) is 0.178. The van der Waals surface area contributed by atoms with Crippen LogP contribution < -0.4 is 11.1 Å². The Kier molecular flexibility index (Phi) is 5.73. The van der Waals surface area contributed by atoms with Crippen molar-refractivity contribution in [3.63, 3.8) is 0 Å². The summed E-state index contributed by atoms with van der Waals surface area (Å²) in [5.41, 5.74) is 6.20. The Bertz CT molecular complexity index is 457. The highest BCUT2D eigenvalue weighted by molar-refractivity contribution is 5.92. The van der Waals surface area contributed by atoms with E-state index in [4.69, 9.17) is 5.73 Å². The molecular formula is C15H27N5O. The summed E-state index contributed by atoms with van der Waals surface area (Å²) in [6.07, 6.45) is 7.24. The van der Waals surface area contributed by atoms with E-state index in [-0.39, 0.29) is 11.9 Å². The molecule has 1 heterocycles. The van der Waals surface area contributed by atoms with Gasteiger partial charge in [-0.15, -0.1) is 5.10 Å². The maximum atomic E-state index is 12.3. The fraction of sp³-hybridized carbons (Fsp3) is 0.800. The quantitative estimate of drug-likeness (QED) is 0.833. The lowest BCUT2D eigenvalue weighted by Gasteiger charge is -2.30. The number of rotatable bonds is 6. The molecule has 1 amide bonds. The summed E-state index contributed by atoms with van der Waals surface area (Å²) in [6.45, 7) is 5.76. The van der Waals surface area contributed by atoms with Gasteiger partial charge in [0.05, 0.1) is 6.20 Å². The molecule has 2 atom stereocenters. The zero-order valence-corrected chi connectivity index (χ0v) is 13.1. The number of amides is 1. The molecule has 2 rings (SSSR count). The van der Waals surface area contributed by atoms with E-state index in [0.29, 0.717) is 24.1 Å². The van der Waals surface area contributed by atoms with Crippen molar-refractivity contribution in [1.29, 1.82) is 0 Å². The van der Waals surface area contributed by atoms with Crippen LogP contribution >= 0.6 is 0 Å². The van der Waals surface area contributed by atoms with Gasteiger partial charge in [0.1, 0.15) is 0 Å². The SMILES string of the molecule is CC(C)CCn1cc(C(=O)NC2CCCCC2CN)nn1. The average Bonchev–Trinajstić information content (AvgIpc) is 2.94. The number of nitrogens with zero attached hydrogens (tertiary/aromatic N) is 3. The summed E-state index contributed by atoms with van der Waals surface area (Å²) in [7, 11) is 0. The molecule has 1 aliphatic rings. The number of carbonyl (C=O) groups is 1. The van der Waals surface area contributed by atoms with Gasteiger partial charge < -0.3 is 11.1 Å². The number of nitrogens with two attached hydrogens (primary N) is 1. The van der Waals surface area contributed by atoms with Crippen LogP contribution in [0.3, 0.4) is 0 Å². The fourth-order valence-corrected chi connectivity index (χ4v) is 2.82. The number of hydrogen-bond acceptors (Lipinski definition) is 4. The Morgan fingerprint density at radius 3 is 2.95 bits per heavy atom. The number of aryl methyl sites for hydroxylation is 1. The van der Waals surface area contributed by atoms with Gasteiger partial charge in [-0.25, -0.2) is 0 Å². The lowest BCUT2D eigenvalue weighted by atomic mass is 9.84. The van der Waals surface area contributed by atoms with Crippen molar-refractivity contribution in [3.8, 4) is 0 Å². The number of hydrogen-bond donors (Lipinski definition) is 2. The molecule has 0 saturated heterocycles. The Labute approximate surface area is 126 Å². The second-order valence-corrected chi connectivity index (χ2v) is 6.41. The third kappa shape index (κ3) is 4.52. The van der Waals surface area contributed by atoms with E-state index in [9.17, 15) is 4.79 Å². The lowest BCUT2D eigenvalue weighted by Crippen LogP contribution is -2.44. The van der Waals surface area contributed by atoms with Crippen LogP contribution in [0.5, 0.6) is 0 Å². The van der Waals surface area contributed by atoms with Crippen molar-refractivity contribution < 1.29 is 4.79 Å². The number of aromatic nitrogens is 3. The van der Waals surface area contributed by atoms with E-state index in [1.807, 2.05) is 0 Å². The molecule has 1 fully saturated rings. The minimum atomic E-state index is -0.129. The summed E-state index contributed by atoms with van der Waals surface area (Å²) < 4.78 is 1.75. The normalized spacial score (nSPS) is 22.5. The Balaban J connectivity index is 1.90. The van der Waals surface area contributed by atoms with E-state index >= 15 is 0 Å². The molecule has 1 aliphatic carbocycles. The van der Waals surface area contributed by atoms with Gasteiger partial charge in [-0.3, -0.25) is 9.48 Å². The van der Waals surface area contributed by atoms with Gasteiger partial charge in [0, 0.05) is 12.6 Å². The van der Waals surface area contributed by atoms with Gasteiger partial charge in [-0.1, -0.05) is 31.9 Å². The Morgan fingerprint density at radius 2 is 2.24 bits per heavy atom. The van der Waals surface area contributed by atoms with Gasteiger partial charge in [-0.05, 0) is 37.6 Å². The van der Waals surface area contributed by atoms with Crippen LogP contribution in [0, 0.1) is 11.8 Å². The Hall–Kier alpha value is -1.43. The Morgan fingerprint density at radius 1 is 1.48 bits per heavy atom. The molecule has 0 aromatic carbocycles. The topological polar surface area (TPSA) is 85.8 Å². The number of carbonyl (C=O) groups excluding carboxylic acids is 1. The molecule has 118 valence electrons. The minimum Gasteiger partial charge on any atom is -0.348 e. The third-order valence-electron chi connectivity index (χ3n) is 4.24. The van der Waals surface area contributed by atoms with Gasteiger partial charge in [0.25, 0.3) is 5.91 Å². The molecule has 2 unspecified atom stereocenters. The lowest BCUT2D eigenvalue weighted by molar-refractivity contribution is 0.0903. The molecule has 6 heteroatoms. The van der Waals surface area contributed by atoms with Gasteiger partial charge in [0.15, 0.2) is 5.69 Å². The molecule has 1 aromatic heterocycles. The zero-order valence-electron chi connectivity index (χ0n) is 13.1. The summed E-state index contributed by atoms with van der Waals surface area (Å²) >= 11 is 0. The van der Waals surface area contributed by atoms with Crippen molar-refractivity contribution in [3.05, 3.63) is 11.9 Å². The van der Waals surface area contributed by atoms with Gasteiger partial charge in [-0.2, -0.15) is 0 Å². The monoisotopic (exact) mass is 293 g/mol. The van der Waals surface area contributed by atoms with Crippen LogP contribution in [-0.4, -0.2) is 33.5 Å². The standard InChI is InChI=1S/C15H27N5O/c1-11(2)7-8-20-10-14(18-19-20)15(21)17-13-6-4-3-5-12(13)9-16/h10-13H,3-9,16H2,1-2H3,(H,17,21). The first-order chi connectivity index (χ1) is 10.1. The van der Waals surface area contributed by atoms with Crippen LogP contribution in [-0.2, 0) is 6.54 Å². The van der Waals surface area contributed by atoms with Crippen LogP contribution in [0.4, 0.5) is 0 Å². The summed E-state index contributed by atoms with van der Waals surface area (Å²) in [5, 5.41) is 11.1. The number of nitrogens with one attached hydrogen (secondary N) is 1. The molecule has 3 N–H and O–H groups in total. The first-order valence-electron chi connectivity index (χ1n) is 8.01. The second-order valence-electron chi connectivity index (χ2n) is 6.41. The molecule has 1 saturated carbocycles. The highest BCUT2D eigenvalue weighted by Crippen LogP contribution is 2.23. The molecule has 1 aromatic rings. The second kappa shape index (κ2) is 7.54. The van der Waals surface area contributed by atoms with Crippen LogP contribution in [0.15, 0.2) is 6.20 Å². The fourth-order valence-electron chi connectivity index (χ4n) is 2.82. The molecule has 0 spiro atoms. The zero-order chi connectivity index (χ0) is 15.2. The van der Waals surface area contributed by atoms with Crippen molar-refractivity contribution in [2.45, 2.75) is 58.5 Å². The molecular weight excluding hydrogens is 266 g/mol. The van der Waals surface area contributed by atoms with Gasteiger partial charge >= 0.3 is 0 Å². The average molecular weight is 293 g/mol.